The van der Waals surface area contributed by atoms with Gasteiger partial charge in [0.1, 0.15) is 24.2 Å². The summed E-state index contributed by atoms with van der Waals surface area (Å²) in [6.45, 7) is 6.01. The van der Waals surface area contributed by atoms with Crippen molar-refractivity contribution in [2.45, 2.75) is 24.9 Å². The van der Waals surface area contributed by atoms with Crippen molar-refractivity contribution in [2.24, 2.45) is 0 Å². The van der Waals surface area contributed by atoms with Gasteiger partial charge < -0.3 is 29.5 Å². The fourth-order valence-electron chi connectivity index (χ4n) is 6.00. The number of benzene rings is 3. The second-order valence-corrected chi connectivity index (χ2v) is 11.1. The molecule has 4 aromatic rings. The lowest BCUT2D eigenvalue weighted by Crippen LogP contribution is -2.47. The van der Waals surface area contributed by atoms with E-state index >= 15 is 0 Å². The molecule has 6 rings (SSSR count). The van der Waals surface area contributed by atoms with Gasteiger partial charge in [-0.1, -0.05) is 48.5 Å². The van der Waals surface area contributed by atoms with E-state index < -0.39 is 6.10 Å². The number of nitrogens with zero attached hydrogens (tertiary/aromatic N) is 3. The lowest BCUT2D eigenvalue weighted by molar-refractivity contribution is 0.0599. The summed E-state index contributed by atoms with van der Waals surface area (Å²) in [7, 11) is 2.08. The molecule has 3 aromatic carbocycles. The molecule has 7 nitrogen and oxygen atoms in total. The molecule has 2 fully saturated rings. The maximum Gasteiger partial charge on any atom is 0.270 e. The largest absolute Gasteiger partial charge is 0.490 e. The van der Waals surface area contributed by atoms with Gasteiger partial charge in [0.15, 0.2) is 0 Å². The number of β-amino-alcohol motifs (C(OH)–C–C–N with tert-alkyl or cyclic N) is 1. The zero-order valence-corrected chi connectivity index (χ0v) is 22.7. The van der Waals surface area contributed by atoms with Crippen molar-refractivity contribution in [1.29, 1.82) is 0 Å². The minimum atomic E-state index is -0.581. The van der Waals surface area contributed by atoms with Gasteiger partial charge in [0.25, 0.3) is 5.91 Å². The normalized spacial score (nSPS) is 18.6. The van der Waals surface area contributed by atoms with Crippen LogP contribution in [0.5, 0.6) is 5.75 Å². The number of hydrogen-bond donors (Lipinski definition) is 2. The van der Waals surface area contributed by atoms with Gasteiger partial charge in [-0.25, -0.2) is 0 Å². The molecule has 7 heteroatoms. The molecule has 0 unspecified atom stereocenters. The third-order valence-corrected chi connectivity index (χ3v) is 8.38. The minimum Gasteiger partial charge on any atom is -0.490 e. The smallest absolute Gasteiger partial charge is 0.270 e. The number of amides is 1. The number of aliphatic hydroxyl groups excluding tert-OH is 1. The zero-order chi connectivity index (χ0) is 26.8. The van der Waals surface area contributed by atoms with Crippen molar-refractivity contribution in [3.05, 3.63) is 78.0 Å². The molecule has 2 aliphatic rings. The Labute approximate surface area is 230 Å². The van der Waals surface area contributed by atoms with Gasteiger partial charge in [-0.15, -0.1) is 0 Å². The Hall–Kier alpha value is -3.39. The maximum absolute atomic E-state index is 13.0. The van der Waals surface area contributed by atoms with Crippen LogP contribution in [0.4, 0.5) is 0 Å². The molecule has 39 heavy (non-hydrogen) atoms. The van der Waals surface area contributed by atoms with Crippen molar-refractivity contribution in [1.82, 2.24) is 19.7 Å². The maximum atomic E-state index is 13.0. The van der Waals surface area contributed by atoms with E-state index in [9.17, 15) is 9.90 Å². The highest BCUT2D eigenvalue weighted by Crippen LogP contribution is 2.31. The van der Waals surface area contributed by atoms with Crippen LogP contribution in [0.25, 0.3) is 21.7 Å². The first-order chi connectivity index (χ1) is 19.0. The minimum absolute atomic E-state index is 0.0253. The second kappa shape index (κ2) is 11.4. The first kappa shape index (κ1) is 25.9. The number of H-pyrrole nitrogens is 1. The number of hydrogen-bond acceptors (Lipinski definition) is 5. The van der Waals surface area contributed by atoms with Crippen LogP contribution in [0, 0.1) is 0 Å². The second-order valence-electron chi connectivity index (χ2n) is 11.1. The fourth-order valence-corrected chi connectivity index (χ4v) is 6.00. The summed E-state index contributed by atoms with van der Waals surface area (Å²) in [5.74, 6) is 1.28. The Morgan fingerprint density at radius 2 is 1.72 bits per heavy atom. The van der Waals surface area contributed by atoms with Crippen LogP contribution in [-0.2, 0) is 0 Å². The predicted octanol–water partition coefficient (Wildman–Crippen LogP) is 4.33. The summed E-state index contributed by atoms with van der Waals surface area (Å²) in [6, 6.07) is 23.0. The molecule has 2 aliphatic heterocycles. The average molecular weight is 527 g/mol. The van der Waals surface area contributed by atoms with Gasteiger partial charge in [0, 0.05) is 43.6 Å². The topological polar surface area (TPSA) is 72.0 Å². The molecule has 0 radical (unpaired) electrons. The third kappa shape index (κ3) is 5.81. The molecular weight excluding hydrogens is 488 g/mol. The van der Waals surface area contributed by atoms with Crippen molar-refractivity contribution >= 4 is 27.6 Å². The summed E-state index contributed by atoms with van der Waals surface area (Å²) in [5.41, 5.74) is 2.87. The van der Waals surface area contributed by atoms with Crippen LogP contribution < -0.4 is 4.74 Å². The molecule has 0 bridgehead atoms. The van der Waals surface area contributed by atoms with Crippen LogP contribution in [0.2, 0.25) is 0 Å². The number of likely N-dealkylation sites (N-methyl/N-ethyl adjacent to an activating group) is 1. The standard InChI is InChI=1S/C32H38N4O3/c1-34-15-17-36(18-16-34)32(38)30-20-28-29(33-30)7-4-8-31(28)39-22-27(37)21-35-13-11-24(12-14-35)26-10-9-23-5-2-3-6-25(23)19-26/h2-10,19-20,24,27,33,37H,11-18,21-22H2,1H3/t27-/m0/s1. The fraction of sp³-hybridized carbons (Fsp3) is 0.406. The highest BCUT2D eigenvalue weighted by atomic mass is 16.5. The summed E-state index contributed by atoms with van der Waals surface area (Å²) >= 11 is 0. The monoisotopic (exact) mass is 526 g/mol. The number of piperazine rings is 1. The Balaban J connectivity index is 1.02. The van der Waals surface area contributed by atoms with Crippen molar-refractivity contribution in [3.8, 4) is 5.75 Å². The first-order valence-electron chi connectivity index (χ1n) is 14.1. The third-order valence-electron chi connectivity index (χ3n) is 8.38. The van der Waals surface area contributed by atoms with Crippen molar-refractivity contribution in [2.75, 3.05) is 59.5 Å². The Kier molecular flexibility index (Phi) is 7.55. The molecule has 1 amide bonds. The Morgan fingerprint density at radius 3 is 2.51 bits per heavy atom. The van der Waals surface area contributed by atoms with Crippen LogP contribution in [0.15, 0.2) is 66.7 Å². The quantitative estimate of drug-likeness (QED) is 0.375. The van der Waals surface area contributed by atoms with E-state index in [-0.39, 0.29) is 12.5 Å². The molecule has 204 valence electrons. The molecule has 0 spiro atoms. The number of aromatic nitrogens is 1. The van der Waals surface area contributed by atoms with E-state index in [1.165, 1.54) is 16.3 Å². The number of piperidine rings is 1. The molecule has 1 aromatic heterocycles. The number of carbonyl (C=O) groups is 1. The van der Waals surface area contributed by atoms with Gasteiger partial charge in [-0.2, -0.15) is 0 Å². The highest BCUT2D eigenvalue weighted by molar-refractivity contribution is 5.99. The number of carbonyl (C=O) groups excluding carboxylic acids is 1. The van der Waals surface area contributed by atoms with Crippen LogP contribution in [0.1, 0.15) is 34.8 Å². The van der Waals surface area contributed by atoms with E-state index in [0.717, 1.165) is 63.0 Å². The summed E-state index contributed by atoms with van der Waals surface area (Å²) < 4.78 is 6.08. The molecule has 0 aliphatic carbocycles. The summed E-state index contributed by atoms with van der Waals surface area (Å²) in [5, 5.41) is 14.2. The number of nitrogens with one attached hydrogen (secondary N) is 1. The number of aromatic amines is 1. The van der Waals surface area contributed by atoms with E-state index in [4.69, 9.17) is 4.74 Å². The van der Waals surface area contributed by atoms with Gasteiger partial charge in [0.2, 0.25) is 0 Å². The van der Waals surface area contributed by atoms with E-state index in [2.05, 4.69) is 64.3 Å². The molecule has 0 saturated carbocycles. The number of fused-ring (bicyclic) bond motifs is 2. The lowest BCUT2D eigenvalue weighted by atomic mass is 9.88. The number of ether oxygens (including phenoxy) is 1. The first-order valence-corrected chi connectivity index (χ1v) is 14.1. The number of likely N-dealkylation sites (tertiary alicyclic amines) is 1. The average Bonchev–Trinajstić information content (AvgIpc) is 3.41. The highest BCUT2D eigenvalue weighted by Gasteiger charge is 2.24. The molecule has 1 atom stereocenters. The molecular formula is C32H38N4O3. The van der Waals surface area contributed by atoms with Crippen LogP contribution in [-0.4, -0.2) is 96.3 Å². The zero-order valence-electron chi connectivity index (χ0n) is 22.7. The Bertz CT molecular complexity index is 1430. The van der Waals surface area contributed by atoms with E-state index in [1.807, 2.05) is 29.2 Å². The Morgan fingerprint density at radius 1 is 0.949 bits per heavy atom. The molecule has 3 heterocycles. The van der Waals surface area contributed by atoms with E-state index in [0.29, 0.717) is 23.9 Å². The van der Waals surface area contributed by atoms with Gasteiger partial charge in [0.05, 0.1) is 0 Å². The van der Waals surface area contributed by atoms with Crippen molar-refractivity contribution in [3.63, 3.8) is 0 Å². The SMILES string of the molecule is CN1CCN(C(=O)c2cc3c(OC[C@@H](O)CN4CCC(c5ccc6ccccc6c5)CC4)cccc3[nH]2)CC1. The summed E-state index contributed by atoms with van der Waals surface area (Å²) in [4.78, 5) is 22.8. The van der Waals surface area contributed by atoms with Crippen molar-refractivity contribution < 1.29 is 14.6 Å². The predicted molar refractivity (Wildman–Crippen MR) is 156 cm³/mol. The van der Waals surface area contributed by atoms with Crippen LogP contribution >= 0.6 is 0 Å². The van der Waals surface area contributed by atoms with Gasteiger partial charge in [-0.3, -0.25) is 4.79 Å². The van der Waals surface area contributed by atoms with Gasteiger partial charge in [-0.05, 0) is 73.4 Å². The van der Waals surface area contributed by atoms with E-state index in [1.54, 1.807) is 0 Å². The number of rotatable bonds is 7. The molecule has 2 N–H and O–H groups in total. The summed E-state index contributed by atoms with van der Waals surface area (Å²) in [6.07, 6.45) is 1.61. The lowest BCUT2D eigenvalue weighted by Gasteiger charge is -2.33. The van der Waals surface area contributed by atoms with Crippen LogP contribution in [0.3, 0.4) is 0 Å². The number of aliphatic hydroxyl groups is 1. The molecule has 2 saturated heterocycles. The van der Waals surface area contributed by atoms with Gasteiger partial charge >= 0.3 is 0 Å².